The van der Waals surface area contributed by atoms with E-state index in [1.165, 1.54) is 0 Å². The van der Waals surface area contributed by atoms with E-state index in [0.717, 1.165) is 5.69 Å². The minimum Gasteiger partial charge on any atom is -0.385 e. The van der Waals surface area contributed by atoms with Gasteiger partial charge >= 0.3 is 0 Å². The van der Waals surface area contributed by atoms with Gasteiger partial charge in [0.25, 0.3) is 0 Å². The zero-order chi connectivity index (χ0) is 13.6. The Kier molecular flexibility index (Phi) is 5.80. The number of methoxy groups -OCH3 is 1. The van der Waals surface area contributed by atoms with Gasteiger partial charge in [-0.25, -0.2) is 13.1 Å². The maximum absolute atomic E-state index is 12.0. The van der Waals surface area contributed by atoms with Gasteiger partial charge < -0.3 is 14.6 Å². The van der Waals surface area contributed by atoms with Crippen molar-refractivity contribution in [3.05, 3.63) is 18.0 Å². The summed E-state index contributed by atoms with van der Waals surface area (Å²) in [5.41, 5.74) is 0.926. The van der Waals surface area contributed by atoms with Crippen molar-refractivity contribution in [1.29, 1.82) is 0 Å². The van der Waals surface area contributed by atoms with Crippen molar-refractivity contribution in [3.63, 3.8) is 0 Å². The monoisotopic (exact) mass is 275 g/mol. The van der Waals surface area contributed by atoms with Crippen LogP contribution in [0.15, 0.2) is 17.2 Å². The van der Waals surface area contributed by atoms with Gasteiger partial charge in [-0.3, -0.25) is 0 Å². The van der Waals surface area contributed by atoms with Gasteiger partial charge in [0.15, 0.2) is 0 Å². The summed E-state index contributed by atoms with van der Waals surface area (Å²) in [6.45, 7) is 1.56. The van der Waals surface area contributed by atoms with E-state index < -0.39 is 10.0 Å². The first kappa shape index (κ1) is 15.2. The predicted octanol–water partition coefficient (Wildman–Crippen LogP) is 0.0593. The summed E-state index contributed by atoms with van der Waals surface area (Å²) in [5, 5.41) is 3.00. The van der Waals surface area contributed by atoms with E-state index in [4.69, 9.17) is 4.74 Å². The molecule has 2 N–H and O–H groups in total. The summed E-state index contributed by atoms with van der Waals surface area (Å²) in [6.07, 6.45) is 2.28. The molecule has 0 saturated carbocycles. The van der Waals surface area contributed by atoms with Crippen LogP contribution in [0.5, 0.6) is 0 Å². The number of rotatable bonds is 8. The quantitative estimate of drug-likeness (QED) is 0.658. The van der Waals surface area contributed by atoms with Gasteiger partial charge in [0, 0.05) is 45.7 Å². The molecule has 7 heteroatoms. The molecule has 0 fully saturated rings. The van der Waals surface area contributed by atoms with Crippen LogP contribution in [0.2, 0.25) is 0 Å². The SMILES string of the molecule is CNCc1cc(S(=O)(=O)NCCCOC)cn1C. The predicted molar refractivity (Wildman–Crippen MR) is 69.9 cm³/mol. The van der Waals surface area contributed by atoms with E-state index in [1.54, 1.807) is 23.9 Å². The molecule has 1 rings (SSSR count). The van der Waals surface area contributed by atoms with Crippen LogP contribution in [0.25, 0.3) is 0 Å². The Balaban J connectivity index is 2.69. The number of aromatic nitrogens is 1. The lowest BCUT2D eigenvalue weighted by Gasteiger charge is -2.04. The first-order valence-corrected chi connectivity index (χ1v) is 7.28. The largest absolute Gasteiger partial charge is 0.385 e. The van der Waals surface area contributed by atoms with Crippen LogP contribution < -0.4 is 10.0 Å². The molecule has 0 radical (unpaired) electrons. The Morgan fingerprint density at radius 1 is 1.44 bits per heavy atom. The highest BCUT2D eigenvalue weighted by Gasteiger charge is 2.16. The maximum Gasteiger partial charge on any atom is 0.242 e. The van der Waals surface area contributed by atoms with Gasteiger partial charge in [-0.2, -0.15) is 0 Å². The van der Waals surface area contributed by atoms with Gasteiger partial charge in [-0.05, 0) is 19.5 Å². The molecule has 1 aromatic heterocycles. The van der Waals surface area contributed by atoms with Crippen molar-refractivity contribution < 1.29 is 13.2 Å². The molecule has 0 aliphatic rings. The molecule has 0 spiro atoms. The third-order valence-electron chi connectivity index (χ3n) is 2.57. The molecule has 1 heterocycles. The zero-order valence-corrected chi connectivity index (χ0v) is 11.9. The molecule has 104 valence electrons. The molecular weight excluding hydrogens is 254 g/mol. The summed E-state index contributed by atoms with van der Waals surface area (Å²) < 4.78 is 33.2. The number of nitrogens with zero attached hydrogens (tertiary/aromatic N) is 1. The highest BCUT2D eigenvalue weighted by molar-refractivity contribution is 7.89. The summed E-state index contributed by atoms with van der Waals surface area (Å²) in [7, 11) is 1.83. The smallest absolute Gasteiger partial charge is 0.242 e. The molecule has 0 unspecified atom stereocenters. The fourth-order valence-corrected chi connectivity index (χ4v) is 2.76. The molecule has 0 aliphatic carbocycles. The highest BCUT2D eigenvalue weighted by atomic mass is 32.2. The van der Waals surface area contributed by atoms with Crippen LogP contribution >= 0.6 is 0 Å². The second-order valence-electron chi connectivity index (χ2n) is 4.05. The van der Waals surface area contributed by atoms with Crippen molar-refractivity contribution >= 4 is 10.0 Å². The third-order valence-corrected chi connectivity index (χ3v) is 4.00. The Morgan fingerprint density at radius 2 is 2.17 bits per heavy atom. The second kappa shape index (κ2) is 6.89. The topological polar surface area (TPSA) is 72.4 Å². The standard InChI is InChI=1S/C11H21N3O3S/c1-12-8-10-7-11(9-14(10)2)18(15,16)13-5-4-6-17-3/h7,9,12-13H,4-6,8H2,1-3H3. The molecule has 0 bridgehead atoms. The van der Waals surface area contributed by atoms with Crippen LogP contribution in [-0.2, 0) is 28.4 Å². The Bertz CT molecular complexity index is 468. The molecule has 6 nitrogen and oxygen atoms in total. The summed E-state index contributed by atoms with van der Waals surface area (Å²) in [6, 6.07) is 1.68. The van der Waals surface area contributed by atoms with Gasteiger partial charge in [0.05, 0.1) is 4.90 Å². The number of nitrogens with one attached hydrogen (secondary N) is 2. The van der Waals surface area contributed by atoms with Crippen LogP contribution in [0.3, 0.4) is 0 Å². The lowest BCUT2D eigenvalue weighted by atomic mass is 10.4. The van der Waals surface area contributed by atoms with E-state index in [0.29, 0.717) is 31.0 Å². The van der Waals surface area contributed by atoms with E-state index in [-0.39, 0.29) is 0 Å². The molecule has 0 saturated heterocycles. The molecule has 0 aliphatic heterocycles. The first-order chi connectivity index (χ1) is 8.51. The molecule has 0 amide bonds. The molecule has 1 aromatic rings. The van der Waals surface area contributed by atoms with Crippen molar-refractivity contribution in [2.45, 2.75) is 17.9 Å². The molecule has 0 aromatic carbocycles. The lowest BCUT2D eigenvalue weighted by molar-refractivity contribution is 0.196. The Morgan fingerprint density at radius 3 is 2.78 bits per heavy atom. The number of aryl methyl sites for hydroxylation is 1. The van der Waals surface area contributed by atoms with Crippen molar-refractivity contribution in [3.8, 4) is 0 Å². The minimum absolute atomic E-state index is 0.299. The maximum atomic E-state index is 12.0. The summed E-state index contributed by atoms with van der Waals surface area (Å²) in [5.74, 6) is 0. The first-order valence-electron chi connectivity index (χ1n) is 5.79. The third kappa shape index (κ3) is 4.09. The van der Waals surface area contributed by atoms with Gasteiger partial charge in [-0.15, -0.1) is 0 Å². The second-order valence-corrected chi connectivity index (χ2v) is 5.82. The summed E-state index contributed by atoms with van der Waals surface area (Å²) >= 11 is 0. The normalized spacial score (nSPS) is 11.9. The van der Waals surface area contributed by atoms with Crippen molar-refractivity contribution in [1.82, 2.24) is 14.6 Å². The molecule has 0 atom stereocenters. The number of sulfonamides is 1. The number of hydrogen-bond donors (Lipinski definition) is 2. The van der Waals surface area contributed by atoms with Crippen LogP contribution in [0, 0.1) is 0 Å². The van der Waals surface area contributed by atoms with Crippen LogP contribution in [-0.4, -0.2) is 40.3 Å². The molecule has 18 heavy (non-hydrogen) atoms. The van der Waals surface area contributed by atoms with Gasteiger partial charge in [0.1, 0.15) is 0 Å². The minimum atomic E-state index is -3.41. The van der Waals surface area contributed by atoms with E-state index in [9.17, 15) is 8.42 Å². The number of ether oxygens (including phenoxy) is 1. The summed E-state index contributed by atoms with van der Waals surface area (Å²) in [4.78, 5) is 0.299. The van der Waals surface area contributed by atoms with Crippen LogP contribution in [0.1, 0.15) is 12.1 Å². The van der Waals surface area contributed by atoms with Crippen molar-refractivity contribution in [2.75, 3.05) is 27.3 Å². The Labute approximate surface area is 108 Å². The van der Waals surface area contributed by atoms with E-state index in [1.807, 2.05) is 14.1 Å². The zero-order valence-electron chi connectivity index (χ0n) is 11.1. The Hall–Kier alpha value is -0.890. The fraction of sp³-hybridized carbons (Fsp3) is 0.636. The number of hydrogen-bond acceptors (Lipinski definition) is 4. The van der Waals surface area contributed by atoms with Crippen LogP contribution in [0.4, 0.5) is 0 Å². The molecular formula is C11H21N3O3S. The average molecular weight is 275 g/mol. The highest BCUT2D eigenvalue weighted by Crippen LogP contribution is 2.13. The van der Waals surface area contributed by atoms with E-state index in [2.05, 4.69) is 10.0 Å². The van der Waals surface area contributed by atoms with Gasteiger partial charge in [0.2, 0.25) is 10.0 Å². The fourth-order valence-electron chi connectivity index (χ4n) is 1.59. The van der Waals surface area contributed by atoms with Gasteiger partial charge in [-0.1, -0.05) is 0 Å². The van der Waals surface area contributed by atoms with Crippen molar-refractivity contribution in [2.24, 2.45) is 7.05 Å². The van der Waals surface area contributed by atoms with E-state index >= 15 is 0 Å². The average Bonchev–Trinajstić information content (AvgIpc) is 2.68. The lowest BCUT2D eigenvalue weighted by Crippen LogP contribution is -2.25.